The molecule has 0 spiro atoms. The fourth-order valence-corrected chi connectivity index (χ4v) is 2.39. The molecule has 1 aromatic carbocycles. The topological polar surface area (TPSA) is 73.6 Å². The predicted octanol–water partition coefficient (Wildman–Crippen LogP) is 1.47. The van der Waals surface area contributed by atoms with Crippen LogP contribution >= 0.6 is 0 Å². The van der Waals surface area contributed by atoms with Crippen LogP contribution in [0.15, 0.2) is 30.3 Å². The van der Waals surface area contributed by atoms with Gasteiger partial charge < -0.3 is 20.5 Å². The lowest BCUT2D eigenvalue weighted by Gasteiger charge is -2.26. The van der Waals surface area contributed by atoms with Crippen molar-refractivity contribution in [3.63, 3.8) is 0 Å². The van der Waals surface area contributed by atoms with E-state index in [1.165, 1.54) is 0 Å². The second-order valence-corrected chi connectivity index (χ2v) is 5.36. The Hall–Kier alpha value is -1.59. The zero-order valence-electron chi connectivity index (χ0n) is 12.3. The zero-order valence-corrected chi connectivity index (χ0v) is 12.3. The molecule has 21 heavy (non-hydrogen) atoms. The predicted molar refractivity (Wildman–Crippen MR) is 81.1 cm³/mol. The Labute approximate surface area is 125 Å². The smallest absolute Gasteiger partial charge is 0.258 e. The molecule has 0 heterocycles. The van der Waals surface area contributed by atoms with E-state index >= 15 is 0 Å². The second kappa shape index (κ2) is 8.64. The summed E-state index contributed by atoms with van der Waals surface area (Å²) in [5.41, 5.74) is 5.85. The Bertz CT molecular complexity index is 417. The third kappa shape index (κ3) is 6.14. The van der Waals surface area contributed by atoms with E-state index in [1.54, 1.807) is 0 Å². The summed E-state index contributed by atoms with van der Waals surface area (Å²) < 4.78 is 11.1. The zero-order chi connectivity index (χ0) is 14.9. The summed E-state index contributed by atoms with van der Waals surface area (Å²) in [7, 11) is 0. The minimum absolute atomic E-state index is 0.0301. The number of rotatable bonds is 7. The van der Waals surface area contributed by atoms with Crippen LogP contribution in [0.2, 0.25) is 0 Å². The summed E-state index contributed by atoms with van der Waals surface area (Å²) in [5, 5.41) is 2.79. The van der Waals surface area contributed by atoms with Gasteiger partial charge in [-0.25, -0.2) is 0 Å². The number of hydrogen-bond acceptors (Lipinski definition) is 4. The molecule has 0 atom stereocenters. The first-order valence-corrected chi connectivity index (χ1v) is 7.56. The van der Waals surface area contributed by atoms with Crippen LogP contribution in [-0.4, -0.2) is 37.8 Å². The van der Waals surface area contributed by atoms with E-state index in [4.69, 9.17) is 15.2 Å². The molecule has 1 saturated carbocycles. The van der Waals surface area contributed by atoms with Gasteiger partial charge in [-0.2, -0.15) is 0 Å². The molecule has 1 aliphatic rings. The van der Waals surface area contributed by atoms with Crippen LogP contribution in [0.4, 0.5) is 0 Å². The van der Waals surface area contributed by atoms with Crippen molar-refractivity contribution in [2.45, 2.75) is 37.8 Å². The maximum absolute atomic E-state index is 11.6. The van der Waals surface area contributed by atoms with Crippen LogP contribution in [0, 0.1) is 0 Å². The van der Waals surface area contributed by atoms with Crippen LogP contribution in [0.5, 0.6) is 5.75 Å². The van der Waals surface area contributed by atoms with E-state index < -0.39 is 0 Å². The molecule has 0 aliphatic heterocycles. The van der Waals surface area contributed by atoms with Gasteiger partial charge in [0.25, 0.3) is 5.91 Å². The highest BCUT2D eigenvalue weighted by Crippen LogP contribution is 2.19. The Kier molecular flexibility index (Phi) is 6.50. The van der Waals surface area contributed by atoms with Crippen LogP contribution in [0.3, 0.4) is 0 Å². The third-order valence-corrected chi connectivity index (χ3v) is 3.61. The number of carbonyl (C=O) groups is 1. The Morgan fingerprint density at radius 3 is 2.62 bits per heavy atom. The average Bonchev–Trinajstić information content (AvgIpc) is 2.52. The molecule has 0 saturated heterocycles. The van der Waals surface area contributed by atoms with Crippen LogP contribution < -0.4 is 15.8 Å². The van der Waals surface area contributed by atoms with E-state index in [2.05, 4.69) is 5.32 Å². The molecule has 3 N–H and O–H groups in total. The molecule has 1 fully saturated rings. The van der Waals surface area contributed by atoms with Crippen LogP contribution in [0.1, 0.15) is 25.7 Å². The van der Waals surface area contributed by atoms with E-state index in [-0.39, 0.29) is 12.5 Å². The highest BCUT2D eigenvalue weighted by Gasteiger charge is 2.18. The molecule has 0 unspecified atom stereocenters. The molecule has 116 valence electrons. The summed E-state index contributed by atoms with van der Waals surface area (Å²) in [5.74, 6) is 0.565. The Balaban J connectivity index is 1.51. The van der Waals surface area contributed by atoms with Crippen molar-refractivity contribution in [3.8, 4) is 5.75 Å². The van der Waals surface area contributed by atoms with Crippen molar-refractivity contribution in [2.75, 3.05) is 19.8 Å². The Morgan fingerprint density at radius 2 is 1.90 bits per heavy atom. The van der Waals surface area contributed by atoms with E-state index in [0.717, 1.165) is 25.7 Å². The van der Waals surface area contributed by atoms with E-state index in [9.17, 15) is 4.79 Å². The number of para-hydroxylation sites is 1. The lowest BCUT2D eigenvalue weighted by molar-refractivity contribution is -0.123. The van der Waals surface area contributed by atoms with Gasteiger partial charge >= 0.3 is 0 Å². The van der Waals surface area contributed by atoms with Gasteiger partial charge in [-0.3, -0.25) is 4.79 Å². The third-order valence-electron chi connectivity index (χ3n) is 3.61. The average molecular weight is 292 g/mol. The molecule has 0 bridgehead atoms. The number of carbonyl (C=O) groups excluding carboxylic acids is 1. The standard InChI is InChI=1S/C16H24N2O3/c17-13-6-8-15(9-7-13)20-11-10-18-16(19)12-21-14-4-2-1-3-5-14/h1-5,13,15H,6-12,17H2,(H,18,19). The lowest BCUT2D eigenvalue weighted by atomic mass is 9.94. The van der Waals surface area contributed by atoms with Crippen molar-refractivity contribution < 1.29 is 14.3 Å². The van der Waals surface area contributed by atoms with Gasteiger partial charge in [-0.05, 0) is 37.8 Å². The maximum Gasteiger partial charge on any atom is 0.258 e. The number of ether oxygens (including phenoxy) is 2. The molecule has 0 aromatic heterocycles. The minimum atomic E-state index is -0.131. The largest absolute Gasteiger partial charge is 0.484 e. The summed E-state index contributed by atoms with van der Waals surface area (Å²) in [6, 6.07) is 9.63. The van der Waals surface area contributed by atoms with Gasteiger partial charge in [0.05, 0.1) is 12.7 Å². The molecule has 5 heteroatoms. The summed E-state index contributed by atoms with van der Waals surface area (Å²) >= 11 is 0. The number of hydrogen-bond donors (Lipinski definition) is 2. The first-order valence-electron chi connectivity index (χ1n) is 7.56. The number of benzene rings is 1. The summed E-state index contributed by atoms with van der Waals surface area (Å²) in [6.45, 7) is 1.08. The molecule has 5 nitrogen and oxygen atoms in total. The van der Waals surface area contributed by atoms with E-state index in [0.29, 0.717) is 31.0 Å². The summed E-state index contributed by atoms with van der Waals surface area (Å²) in [4.78, 5) is 11.6. The van der Waals surface area contributed by atoms with Gasteiger partial charge in [0.1, 0.15) is 5.75 Å². The summed E-state index contributed by atoms with van der Waals surface area (Å²) in [6.07, 6.45) is 4.39. The fraction of sp³-hybridized carbons (Fsp3) is 0.562. The Morgan fingerprint density at radius 1 is 1.19 bits per heavy atom. The number of amides is 1. The maximum atomic E-state index is 11.6. The molecular weight excluding hydrogens is 268 g/mol. The number of nitrogens with two attached hydrogens (primary N) is 1. The molecule has 1 aromatic rings. The highest BCUT2D eigenvalue weighted by molar-refractivity contribution is 5.77. The molecule has 2 rings (SSSR count). The lowest BCUT2D eigenvalue weighted by Crippen LogP contribution is -2.34. The van der Waals surface area contributed by atoms with Crippen molar-refractivity contribution in [1.29, 1.82) is 0 Å². The van der Waals surface area contributed by atoms with Gasteiger partial charge in [-0.1, -0.05) is 18.2 Å². The van der Waals surface area contributed by atoms with Gasteiger partial charge in [-0.15, -0.1) is 0 Å². The van der Waals surface area contributed by atoms with Gasteiger partial charge in [0.15, 0.2) is 6.61 Å². The van der Waals surface area contributed by atoms with Gasteiger partial charge in [0.2, 0.25) is 0 Å². The normalized spacial score (nSPS) is 21.8. The highest BCUT2D eigenvalue weighted by atomic mass is 16.5. The van der Waals surface area contributed by atoms with Crippen molar-refractivity contribution in [2.24, 2.45) is 5.73 Å². The second-order valence-electron chi connectivity index (χ2n) is 5.36. The quantitative estimate of drug-likeness (QED) is 0.746. The molecule has 1 aliphatic carbocycles. The van der Waals surface area contributed by atoms with E-state index in [1.807, 2.05) is 30.3 Å². The minimum Gasteiger partial charge on any atom is -0.484 e. The van der Waals surface area contributed by atoms with Crippen LogP contribution in [0.25, 0.3) is 0 Å². The molecular formula is C16H24N2O3. The van der Waals surface area contributed by atoms with Crippen molar-refractivity contribution in [3.05, 3.63) is 30.3 Å². The monoisotopic (exact) mass is 292 g/mol. The first-order chi connectivity index (χ1) is 10.2. The first kappa shape index (κ1) is 15.8. The van der Waals surface area contributed by atoms with Gasteiger partial charge in [0, 0.05) is 12.6 Å². The number of nitrogens with one attached hydrogen (secondary N) is 1. The fourth-order valence-electron chi connectivity index (χ4n) is 2.39. The van der Waals surface area contributed by atoms with Crippen molar-refractivity contribution in [1.82, 2.24) is 5.32 Å². The molecule has 0 radical (unpaired) electrons. The SMILES string of the molecule is NC1CCC(OCCNC(=O)COc2ccccc2)CC1. The molecule has 1 amide bonds. The van der Waals surface area contributed by atoms with Crippen LogP contribution in [-0.2, 0) is 9.53 Å². The van der Waals surface area contributed by atoms with Crippen molar-refractivity contribution >= 4 is 5.91 Å².